The van der Waals surface area contributed by atoms with Crippen LogP contribution in [0.1, 0.15) is 78.6 Å². The summed E-state index contributed by atoms with van der Waals surface area (Å²) in [6.45, 7) is 6.74. The van der Waals surface area contributed by atoms with E-state index in [1.54, 1.807) is 0 Å². The molecule has 0 radical (unpaired) electrons. The summed E-state index contributed by atoms with van der Waals surface area (Å²) < 4.78 is 0. The van der Waals surface area contributed by atoms with Gasteiger partial charge in [0.25, 0.3) is 0 Å². The SMILES string of the molecule is CC(=O)C1CCC2C3CCC4CC(=O)CC[C@]4(C)C3CCC12C. The van der Waals surface area contributed by atoms with Crippen LogP contribution in [0.15, 0.2) is 0 Å². The average molecular weight is 316 g/mol. The van der Waals surface area contributed by atoms with Crippen LogP contribution >= 0.6 is 0 Å². The zero-order chi connectivity index (χ0) is 16.4. The largest absolute Gasteiger partial charge is 0.300 e. The van der Waals surface area contributed by atoms with E-state index in [9.17, 15) is 9.59 Å². The van der Waals surface area contributed by atoms with Crippen molar-refractivity contribution >= 4 is 11.6 Å². The lowest BCUT2D eigenvalue weighted by Crippen LogP contribution is -2.53. The van der Waals surface area contributed by atoms with Gasteiger partial charge in [0.05, 0.1) is 0 Å². The number of hydrogen-bond acceptors (Lipinski definition) is 2. The van der Waals surface area contributed by atoms with Crippen LogP contribution in [0.5, 0.6) is 0 Å². The van der Waals surface area contributed by atoms with Crippen LogP contribution in [-0.4, -0.2) is 11.6 Å². The zero-order valence-electron chi connectivity index (χ0n) is 15.1. The molecule has 0 spiro atoms. The van der Waals surface area contributed by atoms with Crippen LogP contribution in [0.25, 0.3) is 0 Å². The molecular formula is C21H32O2. The Labute approximate surface area is 140 Å². The minimum Gasteiger partial charge on any atom is -0.300 e. The first-order valence-corrected chi connectivity index (χ1v) is 9.88. The Hall–Kier alpha value is -0.660. The maximum atomic E-state index is 12.2. The molecule has 6 unspecified atom stereocenters. The average Bonchev–Trinajstić information content (AvgIpc) is 2.85. The van der Waals surface area contributed by atoms with Crippen molar-refractivity contribution in [2.45, 2.75) is 78.6 Å². The molecule has 0 aromatic rings. The summed E-state index contributed by atoms with van der Waals surface area (Å²) in [5.74, 6) is 4.25. The number of Topliss-reactive ketones (excluding diaryl/α,β-unsaturated/α-hetero) is 2. The molecule has 0 saturated heterocycles. The Morgan fingerprint density at radius 3 is 2.43 bits per heavy atom. The number of carbonyl (C=O) groups is 2. The van der Waals surface area contributed by atoms with E-state index in [2.05, 4.69) is 13.8 Å². The summed E-state index contributed by atoms with van der Waals surface area (Å²) in [6, 6.07) is 0. The highest BCUT2D eigenvalue weighted by Gasteiger charge is 2.60. The third-order valence-electron chi connectivity index (χ3n) is 8.97. The molecule has 4 rings (SSSR count). The molecule has 7 atom stereocenters. The summed E-state index contributed by atoms with van der Waals surface area (Å²) >= 11 is 0. The molecule has 23 heavy (non-hydrogen) atoms. The van der Waals surface area contributed by atoms with E-state index in [4.69, 9.17) is 0 Å². The van der Waals surface area contributed by atoms with Crippen molar-refractivity contribution in [2.75, 3.05) is 0 Å². The van der Waals surface area contributed by atoms with Crippen LogP contribution in [0, 0.1) is 40.4 Å². The van der Waals surface area contributed by atoms with Crippen LogP contribution in [0.2, 0.25) is 0 Å². The predicted octanol–water partition coefficient (Wildman–Crippen LogP) is 4.80. The van der Waals surface area contributed by atoms with Gasteiger partial charge in [0.15, 0.2) is 0 Å². The van der Waals surface area contributed by atoms with Crippen molar-refractivity contribution in [3.63, 3.8) is 0 Å². The summed E-state index contributed by atoms with van der Waals surface area (Å²) in [4.78, 5) is 24.1. The molecule has 4 aliphatic carbocycles. The van der Waals surface area contributed by atoms with E-state index >= 15 is 0 Å². The third kappa shape index (κ3) is 2.12. The number of fused-ring (bicyclic) bond motifs is 5. The molecule has 2 heteroatoms. The predicted molar refractivity (Wildman–Crippen MR) is 90.9 cm³/mol. The zero-order valence-corrected chi connectivity index (χ0v) is 15.1. The fourth-order valence-corrected chi connectivity index (χ4v) is 7.71. The lowest BCUT2D eigenvalue weighted by atomic mass is 9.44. The van der Waals surface area contributed by atoms with E-state index in [0.29, 0.717) is 28.8 Å². The highest BCUT2D eigenvalue weighted by atomic mass is 16.1. The van der Waals surface area contributed by atoms with Gasteiger partial charge in [0.2, 0.25) is 0 Å². The van der Waals surface area contributed by atoms with Gasteiger partial charge >= 0.3 is 0 Å². The Balaban J connectivity index is 1.63. The van der Waals surface area contributed by atoms with Crippen molar-refractivity contribution in [3.8, 4) is 0 Å². The first-order chi connectivity index (χ1) is 10.9. The molecule has 0 N–H and O–H groups in total. The monoisotopic (exact) mass is 316 g/mol. The van der Waals surface area contributed by atoms with Gasteiger partial charge in [0.1, 0.15) is 11.6 Å². The fourth-order valence-electron chi connectivity index (χ4n) is 7.71. The molecule has 128 valence electrons. The van der Waals surface area contributed by atoms with Crippen molar-refractivity contribution in [3.05, 3.63) is 0 Å². The molecule has 0 amide bonds. The van der Waals surface area contributed by atoms with E-state index in [1.165, 1.54) is 32.1 Å². The molecule has 0 aliphatic heterocycles. The lowest BCUT2D eigenvalue weighted by Gasteiger charge is -2.60. The standard InChI is InChI=1S/C21H32O2/c1-13(22)17-6-7-18-16-5-4-14-12-15(23)8-10-20(14,2)19(16)9-11-21(17,18)3/h14,16-19H,4-12H2,1-3H3/t14?,16?,17?,18?,19?,20-,21?/m0/s1. The summed E-state index contributed by atoms with van der Waals surface area (Å²) in [5, 5.41) is 0. The molecule has 4 saturated carbocycles. The highest BCUT2D eigenvalue weighted by Crippen LogP contribution is 2.67. The smallest absolute Gasteiger partial charge is 0.133 e. The fraction of sp³-hybridized carbons (Fsp3) is 0.905. The molecular weight excluding hydrogens is 284 g/mol. The van der Waals surface area contributed by atoms with Gasteiger partial charge in [-0.1, -0.05) is 13.8 Å². The Morgan fingerprint density at radius 2 is 1.70 bits per heavy atom. The van der Waals surface area contributed by atoms with Gasteiger partial charge in [-0.05, 0) is 86.4 Å². The summed E-state index contributed by atoms with van der Waals surface area (Å²) in [6.07, 6.45) is 10.3. The van der Waals surface area contributed by atoms with E-state index in [-0.39, 0.29) is 5.41 Å². The lowest BCUT2D eigenvalue weighted by molar-refractivity contribution is -0.143. The quantitative estimate of drug-likeness (QED) is 0.696. The number of rotatable bonds is 1. The van der Waals surface area contributed by atoms with Gasteiger partial charge in [0, 0.05) is 18.8 Å². The van der Waals surface area contributed by atoms with Crippen LogP contribution < -0.4 is 0 Å². The van der Waals surface area contributed by atoms with E-state index in [0.717, 1.165) is 43.4 Å². The second kappa shape index (κ2) is 5.17. The topological polar surface area (TPSA) is 34.1 Å². The van der Waals surface area contributed by atoms with Gasteiger partial charge in [-0.2, -0.15) is 0 Å². The number of hydrogen-bond donors (Lipinski definition) is 0. The van der Waals surface area contributed by atoms with Gasteiger partial charge in [-0.25, -0.2) is 0 Å². The molecule has 0 heterocycles. The summed E-state index contributed by atoms with van der Waals surface area (Å²) in [5.41, 5.74) is 0.660. The maximum Gasteiger partial charge on any atom is 0.133 e. The Bertz CT molecular complexity index is 538. The van der Waals surface area contributed by atoms with E-state index < -0.39 is 0 Å². The van der Waals surface area contributed by atoms with Gasteiger partial charge < -0.3 is 0 Å². The Morgan fingerprint density at radius 1 is 0.957 bits per heavy atom. The van der Waals surface area contributed by atoms with Crippen LogP contribution in [0.4, 0.5) is 0 Å². The molecule has 2 nitrogen and oxygen atoms in total. The highest BCUT2D eigenvalue weighted by molar-refractivity contribution is 5.80. The normalized spacial score (nSPS) is 52.5. The van der Waals surface area contributed by atoms with Crippen LogP contribution in [-0.2, 0) is 9.59 Å². The second-order valence-corrected chi connectivity index (χ2v) is 9.68. The first kappa shape index (κ1) is 15.8. The first-order valence-electron chi connectivity index (χ1n) is 9.88. The van der Waals surface area contributed by atoms with Crippen molar-refractivity contribution in [2.24, 2.45) is 40.4 Å². The minimum absolute atomic E-state index is 0.265. The molecule has 0 aromatic carbocycles. The van der Waals surface area contributed by atoms with Crippen molar-refractivity contribution < 1.29 is 9.59 Å². The minimum atomic E-state index is 0.265. The Kier molecular flexibility index (Phi) is 3.56. The molecule has 0 aromatic heterocycles. The number of ketones is 2. The van der Waals surface area contributed by atoms with Crippen LogP contribution in [0.3, 0.4) is 0 Å². The second-order valence-electron chi connectivity index (χ2n) is 9.68. The van der Waals surface area contributed by atoms with Gasteiger partial charge in [-0.15, -0.1) is 0 Å². The van der Waals surface area contributed by atoms with Gasteiger partial charge in [-0.3, -0.25) is 9.59 Å². The van der Waals surface area contributed by atoms with E-state index in [1.807, 2.05) is 6.92 Å². The third-order valence-corrected chi connectivity index (χ3v) is 8.97. The summed E-state index contributed by atoms with van der Waals surface area (Å²) in [7, 11) is 0. The molecule has 0 bridgehead atoms. The maximum absolute atomic E-state index is 12.2. The van der Waals surface area contributed by atoms with Crippen molar-refractivity contribution in [1.82, 2.24) is 0 Å². The molecule has 4 aliphatic rings. The molecule has 4 fully saturated rings. The number of carbonyl (C=O) groups excluding carboxylic acids is 2. The van der Waals surface area contributed by atoms with Crippen molar-refractivity contribution in [1.29, 1.82) is 0 Å².